The molecule has 0 bridgehead atoms. The van der Waals surface area contributed by atoms with Crippen LogP contribution in [0.15, 0.2) is 30.5 Å². The topological polar surface area (TPSA) is 38.0 Å². The summed E-state index contributed by atoms with van der Waals surface area (Å²) >= 11 is 5.85. The maximum Gasteiger partial charge on any atom is 0.125 e. The summed E-state index contributed by atoms with van der Waals surface area (Å²) in [4.78, 5) is 0. The van der Waals surface area contributed by atoms with Crippen molar-refractivity contribution in [3.8, 4) is 17.0 Å². The lowest BCUT2D eigenvalue weighted by Gasteiger charge is -2.04. The molecule has 0 fully saturated rings. The van der Waals surface area contributed by atoms with Crippen molar-refractivity contribution in [3.05, 3.63) is 35.5 Å². The second kappa shape index (κ2) is 3.35. The van der Waals surface area contributed by atoms with Gasteiger partial charge >= 0.3 is 0 Å². The van der Waals surface area contributed by atoms with E-state index < -0.39 is 0 Å². The van der Waals surface area contributed by atoms with E-state index in [2.05, 4.69) is 5.10 Å². The molecule has 0 amide bonds. The van der Waals surface area contributed by atoms with Crippen LogP contribution in [-0.4, -0.2) is 14.9 Å². The standard InChI is InChI=1S/C10H9ClN2O/c1-13-9(4-5-12-13)8-6-7(11)2-3-10(8)14/h2-6,14H,1H3. The minimum absolute atomic E-state index is 0.206. The van der Waals surface area contributed by atoms with Gasteiger partial charge in [0.1, 0.15) is 5.75 Å². The van der Waals surface area contributed by atoms with Gasteiger partial charge in [-0.3, -0.25) is 4.68 Å². The highest BCUT2D eigenvalue weighted by Gasteiger charge is 2.07. The van der Waals surface area contributed by atoms with Crippen molar-refractivity contribution < 1.29 is 5.11 Å². The van der Waals surface area contributed by atoms with Gasteiger partial charge in [0.15, 0.2) is 0 Å². The minimum Gasteiger partial charge on any atom is -0.507 e. The maximum atomic E-state index is 9.63. The average molecular weight is 209 g/mol. The zero-order chi connectivity index (χ0) is 10.1. The second-order valence-electron chi connectivity index (χ2n) is 3.00. The number of aromatic hydroxyl groups is 1. The molecule has 4 heteroatoms. The molecule has 1 N–H and O–H groups in total. The first-order valence-corrected chi connectivity index (χ1v) is 4.53. The van der Waals surface area contributed by atoms with Gasteiger partial charge in [-0.25, -0.2) is 0 Å². The van der Waals surface area contributed by atoms with Gasteiger partial charge in [0.25, 0.3) is 0 Å². The Balaban J connectivity index is 2.62. The van der Waals surface area contributed by atoms with Gasteiger partial charge in [-0.1, -0.05) is 11.6 Å². The van der Waals surface area contributed by atoms with Gasteiger partial charge in [-0.05, 0) is 24.3 Å². The number of hydrogen-bond acceptors (Lipinski definition) is 2. The van der Waals surface area contributed by atoms with Crippen molar-refractivity contribution in [2.75, 3.05) is 0 Å². The predicted octanol–water partition coefficient (Wildman–Crippen LogP) is 2.45. The van der Waals surface area contributed by atoms with E-state index >= 15 is 0 Å². The number of phenols is 1. The molecule has 1 aromatic heterocycles. The summed E-state index contributed by atoms with van der Waals surface area (Å²) in [6.45, 7) is 0. The van der Waals surface area contributed by atoms with Crippen LogP contribution in [0.2, 0.25) is 5.02 Å². The SMILES string of the molecule is Cn1nccc1-c1cc(Cl)ccc1O. The van der Waals surface area contributed by atoms with Crippen molar-refractivity contribution in [1.82, 2.24) is 9.78 Å². The summed E-state index contributed by atoms with van der Waals surface area (Å²) in [5, 5.41) is 14.3. The summed E-state index contributed by atoms with van der Waals surface area (Å²) in [5.74, 6) is 0.206. The largest absolute Gasteiger partial charge is 0.507 e. The lowest BCUT2D eigenvalue weighted by atomic mass is 10.1. The summed E-state index contributed by atoms with van der Waals surface area (Å²) in [6.07, 6.45) is 1.68. The number of halogens is 1. The van der Waals surface area contributed by atoms with Crippen molar-refractivity contribution in [1.29, 1.82) is 0 Å². The number of phenolic OH excluding ortho intramolecular Hbond substituents is 1. The van der Waals surface area contributed by atoms with Crippen LogP contribution in [-0.2, 0) is 7.05 Å². The van der Waals surface area contributed by atoms with Gasteiger partial charge in [0, 0.05) is 23.8 Å². The molecule has 0 atom stereocenters. The molecule has 2 rings (SSSR count). The zero-order valence-electron chi connectivity index (χ0n) is 7.61. The first-order chi connectivity index (χ1) is 6.68. The van der Waals surface area contributed by atoms with Crippen molar-refractivity contribution >= 4 is 11.6 Å². The van der Waals surface area contributed by atoms with E-state index in [1.54, 1.807) is 29.1 Å². The van der Waals surface area contributed by atoms with Gasteiger partial charge in [-0.2, -0.15) is 5.10 Å². The number of hydrogen-bond donors (Lipinski definition) is 1. The van der Waals surface area contributed by atoms with E-state index in [1.807, 2.05) is 13.1 Å². The Morgan fingerprint density at radius 3 is 2.79 bits per heavy atom. The molecule has 14 heavy (non-hydrogen) atoms. The zero-order valence-corrected chi connectivity index (χ0v) is 8.36. The first kappa shape index (κ1) is 9.09. The highest BCUT2D eigenvalue weighted by molar-refractivity contribution is 6.30. The molecule has 0 aliphatic heterocycles. The van der Waals surface area contributed by atoms with Crippen molar-refractivity contribution in [2.45, 2.75) is 0 Å². The summed E-state index contributed by atoms with van der Waals surface area (Å²) in [7, 11) is 1.82. The Hall–Kier alpha value is -1.48. The normalized spacial score (nSPS) is 10.4. The van der Waals surface area contributed by atoms with Crippen LogP contribution in [0.1, 0.15) is 0 Å². The van der Waals surface area contributed by atoms with Crippen LogP contribution in [0.4, 0.5) is 0 Å². The third kappa shape index (κ3) is 1.46. The van der Waals surface area contributed by atoms with E-state index in [1.165, 1.54) is 0 Å². The molecule has 72 valence electrons. The smallest absolute Gasteiger partial charge is 0.125 e. The van der Waals surface area contributed by atoms with Gasteiger partial charge in [0.05, 0.1) is 5.69 Å². The van der Waals surface area contributed by atoms with Crippen molar-refractivity contribution in [3.63, 3.8) is 0 Å². The molecular formula is C10H9ClN2O. The Labute approximate surface area is 86.6 Å². The van der Waals surface area contributed by atoms with Gasteiger partial charge < -0.3 is 5.11 Å². The molecule has 0 radical (unpaired) electrons. The Morgan fingerprint density at radius 1 is 1.36 bits per heavy atom. The minimum atomic E-state index is 0.206. The summed E-state index contributed by atoms with van der Waals surface area (Å²) in [5.41, 5.74) is 1.53. The molecule has 0 saturated carbocycles. The highest BCUT2D eigenvalue weighted by atomic mass is 35.5. The molecule has 1 aromatic carbocycles. The molecule has 0 saturated heterocycles. The third-order valence-electron chi connectivity index (χ3n) is 2.06. The van der Waals surface area contributed by atoms with Gasteiger partial charge in [0.2, 0.25) is 0 Å². The number of aryl methyl sites for hydroxylation is 1. The predicted molar refractivity (Wildman–Crippen MR) is 55.3 cm³/mol. The molecule has 0 aliphatic carbocycles. The van der Waals surface area contributed by atoms with E-state index in [9.17, 15) is 5.11 Å². The summed E-state index contributed by atoms with van der Waals surface area (Å²) < 4.78 is 1.69. The highest BCUT2D eigenvalue weighted by Crippen LogP contribution is 2.30. The molecule has 3 nitrogen and oxygen atoms in total. The molecule has 0 unspecified atom stereocenters. The van der Waals surface area contributed by atoms with Crippen LogP contribution in [0.3, 0.4) is 0 Å². The Morgan fingerprint density at radius 2 is 2.14 bits per heavy atom. The van der Waals surface area contributed by atoms with Crippen molar-refractivity contribution in [2.24, 2.45) is 7.05 Å². The van der Waals surface area contributed by atoms with Crippen LogP contribution in [0.25, 0.3) is 11.3 Å². The van der Waals surface area contributed by atoms with Crippen LogP contribution >= 0.6 is 11.6 Å². The molecule has 0 spiro atoms. The number of aromatic nitrogens is 2. The fourth-order valence-corrected chi connectivity index (χ4v) is 1.52. The second-order valence-corrected chi connectivity index (χ2v) is 3.44. The van der Waals surface area contributed by atoms with Crippen LogP contribution in [0.5, 0.6) is 5.75 Å². The lowest BCUT2D eigenvalue weighted by Crippen LogP contribution is -1.93. The number of rotatable bonds is 1. The molecular weight excluding hydrogens is 200 g/mol. The Kier molecular flexibility index (Phi) is 2.17. The van der Waals surface area contributed by atoms with Crippen LogP contribution in [0, 0.1) is 0 Å². The van der Waals surface area contributed by atoms with E-state index in [0.29, 0.717) is 10.6 Å². The quantitative estimate of drug-likeness (QED) is 0.782. The summed E-state index contributed by atoms with van der Waals surface area (Å²) in [6, 6.07) is 6.76. The monoisotopic (exact) mass is 208 g/mol. The van der Waals surface area contributed by atoms with E-state index in [4.69, 9.17) is 11.6 Å². The third-order valence-corrected chi connectivity index (χ3v) is 2.29. The maximum absolute atomic E-state index is 9.63. The lowest BCUT2D eigenvalue weighted by molar-refractivity contribution is 0.476. The number of benzene rings is 1. The van der Waals surface area contributed by atoms with Gasteiger partial charge in [-0.15, -0.1) is 0 Å². The fourth-order valence-electron chi connectivity index (χ4n) is 1.35. The molecule has 1 heterocycles. The number of nitrogens with zero attached hydrogens (tertiary/aromatic N) is 2. The van der Waals surface area contributed by atoms with Crippen LogP contribution < -0.4 is 0 Å². The van der Waals surface area contributed by atoms with E-state index in [0.717, 1.165) is 5.69 Å². The Bertz CT molecular complexity index is 465. The van der Waals surface area contributed by atoms with E-state index in [-0.39, 0.29) is 5.75 Å². The fraction of sp³-hybridized carbons (Fsp3) is 0.100. The average Bonchev–Trinajstić information content (AvgIpc) is 2.56. The first-order valence-electron chi connectivity index (χ1n) is 4.15. The molecule has 0 aliphatic rings. The molecule has 2 aromatic rings.